The number of benzene rings is 2. The summed E-state index contributed by atoms with van der Waals surface area (Å²) < 4.78 is 11.8. The monoisotopic (exact) mass is 430 g/mol. The number of ether oxygens (including phenoxy) is 2. The number of rotatable bonds is 4. The number of anilines is 1. The third kappa shape index (κ3) is 4.95. The minimum Gasteiger partial charge on any atom is -0.465 e. The minimum absolute atomic E-state index is 0.152. The molecule has 2 aliphatic heterocycles. The van der Waals surface area contributed by atoms with Crippen LogP contribution in [0.5, 0.6) is 5.75 Å². The van der Waals surface area contributed by atoms with E-state index in [-0.39, 0.29) is 6.29 Å². The fourth-order valence-electron chi connectivity index (χ4n) is 3.53. The summed E-state index contributed by atoms with van der Waals surface area (Å²) >= 11 is 12.1. The topological polar surface area (TPSA) is 34.1 Å². The molecule has 1 atom stereocenters. The third-order valence-corrected chi connectivity index (χ3v) is 5.90. The Morgan fingerprint density at radius 3 is 2.79 bits per heavy atom. The first-order chi connectivity index (χ1) is 14.1. The largest absolute Gasteiger partial charge is 0.465 e. The fourth-order valence-corrected chi connectivity index (χ4v) is 3.84. The normalized spacial score (nSPS) is 19.6. The quantitative estimate of drug-likeness (QED) is 0.609. The van der Waals surface area contributed by atoms with Crippen LogP contribution >= 0.6 is 23.2 Å². The number of halogens is 2. The zero-order valence-corrected chi connectivity index (χ0v) is 17.9. The Hall–Kier alpha value is -2.01. The van der Waals surface area contributed by atoms with Gasteiger partial charge in [-0.3, -0.25) is 4.99 Å². The summed E-state index contributed by atoms with van der Waals surface area (Å²) in [6, 6.07) is 11.8. The van der Waals surface area contributed by atoms with E-state index < -0.39 is 0 Å². The van der Waals surface area contributed by atoms with Gasteiger partial charge in [-0.05, 0) is 48.7 Å². The fraction of sp³-hybridized carbons (Fsp3) is 0.348. The van der Waals surface area contributed by atoms with E-state index in [0.717, 1.165) is 67.2 Å². The number of fused-ring (bicyclic) bond motifs is 1. The maximum absolute atomic E-state index is 6.13. The summed E-state index contributed by atoms with van der Waals surface area (Å²) in [6.07, 6.45) is 7.08. The number of allylic oxidation sites excluding steroid dienone is 1. The van der Waals surface area contributed by atoms with Crippen molar-refractivity contribution < 1.29 is 9.47 Å². The van der Waals surface area contributed by atoms with E-state index in [2.05, 4.69) is 24.1 Å². The predicted molar refractivity (Wildman–Crippen MR) is 121 cm³/mol. The average Bonchev–Trinajstić information content (AvgIpc) is 2.88. The molecule has 2 aliphatic rings. The highest BCUT2D eigenvalue weighted by Crippen LogP contribution is 2.30. The van der Waals surface area contributed by atoms with Crippen LogP contribution in [0.15, 0.2) is 47.5 Å². The highest BCUT2D eigenvalue weighted by molar-refractivity contribution is 6.42. The lowest BCUT2D eigenvalue weighted by Crippen LogP contribution is -2.25. The van der Waals surface area contributed by atoms with Crippen molar-refractivity contribution in [2.75, 3.05) is 31.6 Å². The van der Waals surface area contributed by atoms with E-state index in [1.165, 1.54) is 0 Å². The van der Waals surface area contributed by atoms with E-state index >= 15 is 0 Å². The summed E-state index contributed by atoms with van der Waals surface area (Å²) in [7, 11) is 2.08. The van der Waals surface area contributed by atoms with Gasteiger partial charge in [-0.1, -0.05) is 35.3 Å². The van der Waals surface area contributed by atoms with Crippen LogP contribution in [0.3, 0.4) is 0 Å². The van der Waals surface area contributed by atoms with E-state index in [9.17, 15) is 0 Å². The molecule has 2 heterocycles. The molecule has 0 aliphatic carbocycles. The van der Waals surface area contributed by atoms with E-state index in [0.29, 0.717) is 10.0 Å². The number of nitrogens with zero attached hydrogens (tertiary/aromatic N) is 2. The molecule has 29 heavy (non-hydrogen) atoms. The molecule has 0 N–H and O–H groups in total. The molecule has 152 valence electrons. The van der Waals surface area contributed by atoms with Crippen LogP contribution in [-0.2, 0) is 4.74 Å². The summed E-state index contributed by atoms with van der Waals surface area (Å²) in [5.74, 6) is 0.831. The smallest absolute Gasteiger partial charge is 0.199 e. The number of hydrogen-bond donors (Lipinski definition) is 0. The molecule has 1 unspecified atom stereocenters. The number of hydrogen-bond acceptors (Lipinski definition) is 4. The van der Waals surface area contributed by atoms with Crippen LogP contribution in [0.1, 0.15) is 30.4 Å². The molecule has 0 amide bonds. The van der Waals surface area contributed by atoms with Crippen LogP contribution in [0.2, 0.25) is 10.0 Å². The van der Waals surface area contributed by atoms with E-state index in [1.54, 1.807) is 6.07 Å². The zero-order chi connectivity index (χ0) is 20.2. The Balaban J connectivity index is 1.58. The lowest BCUT2D eigenvalue weighted by atomic mass is 10.0. The lowest BCUT2D eigenvalue weighted by Gasteiger charge is -2.25. The number of aliphatic imine (C=N–C) groups is 1. The van der Waals surface area contributed by atoms with Crippen molar-refractivity contribution in [1.82, 2.24) is 0 Å². The van der Waals surface area contributed by atoms with Gasteiger partial charge in [0.15, 0.2) is 6.29 Å². The van der Waals surface area contributed by atoms with Crippen molar-refractivity contribution in [2.24, 2.45) is 4.99 Å². The van der Waals surface area contributed by atoms with E-state index in [4.69, 9.17) is 37.7 Å². The predicted octanol–water partition coefficient (Wildman–Crippen LogP) is 5.85. The van der Waals surface area contributed by atoms with Gasteiger partial charge in [0.25, 0.3) is 0 Å². The third-order valence-electron chi connectivity index (χ3n) is 5.16. The highest BCUT2D eigenvalue weighted by Gasteiger charge is 2.19. The minimum atomic E-state index is -0.152. The summed E-state index contributed by atoms with van der Waals surface area (Å²) in [5.41, 5.74) is 4.11. The first-order valence-electron chi connectivity index (χ1n) is 9.91. The van der Waals surface area contributed by atoms with Crippen molar-refractivity contribution in [3.63, 3.8) is 0 Å². The molecule has 4 rings (SSSR count). The van der Waals surface area contributed by atoms with Gasteiger partial charge in [-0.25, -0.2) is 0 Å². The van der Waals surface area contributed by atoms with Crippen LogP contribution < -0.4 is 9.64 Å². The van der Waals surface area contributed by atoms with Gasteiger partial charge in [-0.15, -0.1) is 0 Å². The Morgan fingerprint density at radius 2 is 2.00 bits per heavy atom. The molecule has 0 spiro atoms. The van der Waals surface area contributed by atoms with Crippen LogP contribution in [0, 0.1) is 0 Å². The first kappa shape index (κ1) is 20.3. The maximum atomic E-state index is 6.13. The van der Waals surface area contributed by atoms with Gasteiger partial charge in [0.05, 0.1) is 28.9 Å². The molecule has 0 bridgehead atoms. The van der Waals surface area contributed by atoms with Gasteiger partial charge in [0, 0.05) is 37.3 Å². The van der Waals surface area contributed by atoms with Crippen molar-refractivity contribution in [2.45, 2.75) is 25.6 Å². The SMILES string of the molecule is CN1CCN=C(/C=C/c2ccc(Cl)c(Cl)c2)c2ccc(OC3CCCCO3)cc21. The van der Waals surface area contributed by atoms with Crippen molar-refractivity contribution in [3.05, 3.63) is 63.6 Å². The molecule has 2 aromatic carbocycles. The maximum Gasteiger partial charge on any atom is 0.199 e. The highest BCUT2D eigenvalue weighted by atomic mass is 35.5. The molecule has 0 aromatic heterocycles. The average molecular weight is 431 g/mol. The first-order valence-corrected chi connectivity index (χ1v) is 10.7. The zero-order valence-electron chi connectivity index (χ0n) is 16.4. The molecule has 0 radical (unpaired) electrons. The summed E-state index contributed by atoms with van der Waals surface area (Å²) in [6.45, 7) is 2.35. The second-order valence-corrected chi connectivity index (χ2v) is 8.10. The summed E-state index contributed by atoms with van der Waals surface area (Å²) in [5, 5.41) is 1.10. The molecule has 4 nitrogen and oxygen atoms in total. The Kier molecular flexibility index (Phi) is 6.43. The summed E-state index contributed by atoms with van der Waals surface area (Å²) in [4.78, 5) is 6.99. The second-order valence-electron chi connectivity index (χ2n) is 7.29. The van der Waals surface area contributed by atoms with Crippen molar-refractivity contribution >= 4 is 40.7 Å². The molecule has 1 fully saturated rings. The van der Waals surface area contributed by atoms with Gasteiger partial charge >= 0.3 is 0 Å². The number of likely N-dealkylation sites (N-methyl/N-ethyl adjacent to an activating group) is 1. The number of benzodiazepines with no additional fused rings is 1. The van der Waals surface area contributed by atoms with Crippen LogP contribution in [0.25, 0.3) is 6.08 Å². The molecular formula is C23H24Cl2N2O2. The molecular weight excluding hydrogens is 407 g/mol. The van der Waals surface area contributed by atoms with Crippen LogP contribution in [0.4, 0.5) is 5.69 Å². The van der Waals surface area contributed by atoms with Gasteiger partial charge in [0.1, 0.15) is 5.75 Å². The second kappa shape index (κ2) is 9.21. The molecule has 2 aromatic rings. The van der Waals surface area contributed by atoms with E-state index in [1.807, 2.05) is 30.4 Å². The molecule has 1 saturated heterocycles. The van der Waals surface area contributed by atoms with Gasteiger partial charge in [-0.2, -0.15) is 0 Å². The molecule has 0 saturated carbocycles. The lowest BCUT2D eigenvalue weighted by molar-refractivity contribution is -0.105. The van der Waals surface area contributed by atoms with Gasteiger partial charge in [0.2, 0.25) is 0 Å². The Bertz CT molecular complexity index is 936. The Morgan fingerprint density at radius 1 is 1.10 bits per heavy atom. The Labute approximate surface area is 181 Å². The van der Waals surface area contributed by atoms with Gasteiger partial charge < -0.3 is 14.4 Å². The molecule has 6 heteroatoms. The van der Waals surface area contributed by atoms with Crippen molar-refractivity contribution in [1.29, 1.82) is 0 Å². The standard InChI is InChI=1S/C23H24Cl2N2O2/c1-27-12-11-26-21(10-6-16-5-9-19(24)20(25)14-16)18-8-7-17(15-22(18)27)29-23-4-2-3-13-28-23/h5-10,14-15,23H,2-4,11-13H2,1H3/b10-6+. The van der Waals surface area contributed by atoms with Crippen molar-refractivity contribution in [3.8, 4) is 5.75 Å². The van der Waals surface area contributed by atoms with Crippen LogP contribution in [-0.4, -0.2) is 38.7 Å².